The zero-order valence-corrected chi connectivity index (χ0v) is 47.0. The Kier molecular flexibility index (Phi) is 46.6. The van der Waals surface area contributed by atoms with Crippen molar-refractivity contribution in [2.45, 2.75) is 276 Å². The lowest BCUT2D eigenvalue weighted by molar-refractivity contribution is -0.301. The van der Waals surface area contributed by atoms with Gasteiger partial charge in [-0.15, -0.1) is 0 Å². The van der Waals surface area contributed by atoms with Crippen LogP contribution in [0.15, 0.2) is 85.1 Å². The fourth-order valence-electron chi connectivity index (χ4n) is 8.49. The largest absolute Gasteiger partial charge is 0.479 e. The first-order valence-corrected chi connectivity index (χ1v) is 29.6. The summed E-state index contributed by atoms with van der Waals surface area (Å²) >= 11 is 0. The van der Waals surface area contributed by atoms with E-state index in [1.54, 1.807) is 0 Å². The molecule has 0 radical (unpaired) electrons. The molecule has 0 aromatic carbocycles. The number of rotatable bonds is 49. The molecule has 428 valence electrons. The summed E-state index contributed by atoms with van der Waals surface area (Å²) in [4.78, 5) is 51.1. The van der Waals surface area contributed by atoms with Gasteiger partial charge in [0.15, 0.2) is 24.6 Å². The van der Waals surface area contributed by atoms with Crippen LogP contribution < -0.4 is 0 Å². The van der Waals surface area contributed by atoms with Gasteiger partial charge < -0.3 is 39.0 Å². The highest BCUT2D eigenvalue weighted by molar-refractivity contribution is 5.74. The van der Waals surface area contributed by atoms with Gasteiger partial charge in [-0.25, -0.2) is 4.79 Å². The van der Waals surface area contributed by atoms with E-state index in [2.05, 4.69) is 106 Å². The van der Waals surface area contributed by atoms with Gasteiger partial charge in [0.25, 0.3) is 0 Å². The molecule has 0 saturated carbocycles. The van der Waals surface area contributed by atoms with Crippen LogP contribution in [0, 0.1) is 0 Å². The summed E-state index contributed by atoms with van der Waals surface area (Å²) in [7, 11) is 0. The number of carbonyl (C=O) groups is 4. The normalized spacial score (nSPS) is 18.8. The van der Waals surface area contributed by atoms with Crippen LogP contribution in [-0.2, 0) is 42.9 Å². The highest BCUT2D eigenvalue weighted by atomic mass is 16.7. The Morgan fingerprint density at radius 2 is 0.840 bits per heavy atom. The van der Waals surface area contributed by atoms with Gasteiger partial charge in [-0.3, -0.25) is 14.4 Å². The minimum absolute atomic E-state index is 0.0179. The lowest BCUT2D eigenvalue weighted by atomic mass is 9.98. The van der Waals surface area contributed by atoms with Crippen molar-refractivity contribution in [2.75, 3.05) is 13.2 Å². The maximum absolute atomic E-state index is 13.1. The highest BCUT2D eigenvalue weighted by Crippen LogP contribution is 2.26. The number of carbonyl (C=O) groups excluding carboxylic acids is 3. The van der Waals surface area contributed by atoms with Crippen LogP contribution in [0.3, 0.4) is 0 Å². The van der Waals surface area contributed by atoms with Crippen molar-refractivity contribution in [3.05, 3.63) is 85.1 Å². The van der Waals surface area contributed by atoms with Gasteiger partial charge in [0.1, 0.15) is 18.8 Å². The first-order chi connectivity index (χ1) is 36.6. The average molecular weight is 1050 g/mol. The molecule has 75 heavy (non-hydrogen) atoms. The van der Waals surface area contributed by atoms with E-state index in [9.17, 15) is 34.5 Å². The van der Waals surface area contributed by atoms with Crippen molar-refractivity contribution >= 4 is 23.9 Å². The van der Waals surface area contributed by atoms with Gasteiger partial charge in [-0.05, 0) is 89.9 Å². The predicted molar refractivity (Wildman–Crippen MR) is 303 cm³/mol. The standard InChI is InChI=1S/C63H104O12/c1-4-7-10-13-16-19-22-25-27-28-30-32-34-37-40-43-46-49-55(64)71-52-54(73-56(65)50-47-44-41-38-36-33-29-26-23-20-17-14-11-8-5-2)53-72-63-61(59(68)58(67)60(75-63)62(69)70)74-57(66)51-48-45-42-39-35-31-24-21-18-15-12-9-6-3/h8-9,11-12,17-18,20-21,26,29,31,35-36,38,54,58-61,63,67-68H,4-7,10,13-16,19,22-25,27-28,30,32-34,37,39-53H2,1-3H3,(H,69,70)/b11-8-,12-9-,20-17-,21-18-,29-26-,35-31-,38-36-. The first-order valence-electron chi connectivity index (χ1n) is 29.6. The van der Waals surface area contributed by atoms with Gasteiger partial charge >= 0.3 is 23.9 Å². The summed E-state index contributed by atoms with van der Waals surface area (Å²) in [6.07, 6.45) is 52.8. The molecule has 3 N–H and O–H groups in total. The molecule has 0 aromatic rings. The van der Waals surface area contributed by atoms with Crippen LogP contribution in [0.25, 0.3) is 0 Å². The molecule has 1 saturated heterocycles. The molecule has 1 rings (SSSR count). The molecular formula is C63H104O12. The van der Waals surface area contributed by atoms with E-state index in [0.717, 1.165) is 96.3 Å². The predicted octanol–water partition coefficient (Wildman–Crippen LogP) is 15.1. The van der Waals surface area contributed by atoms with Crippen LogP contribution in [0.2, 0.25) is 0 Å². The molecule has 0 aliphatic carbocycles. The second-order valence-corrected chi connectivity index (χ2v) is 19.9. The molecule has 12 heteroatoms. The summed E-state index contributed by atoms with van der Waals surface area (Å²) in [6, 6.07) is 0. The molecule has 1 fully saturated rings. The maximum Gasteiger partial charge on any atom is 0.335 e. The number of carboxylic acids is 1. The Labute approximate surface area is 454 Å². The zero-order chi connectivity index (χ0) is 54.7. The topological polar surface area (TPSA) is 175 Å². The van der Waals surface area contributed by atoms with E-state index in [1.807, 2.05) is 0 Å². The molecule has 1 aliphatic rings. The molecule has 0 spiro atoms. The van der Waals surface area contributed by atoms with E-state index < -0.39 is 67.3 Å². The third-order valence-corrected chi connectivity index (χ3v) is 13.0. The zero-order valence-electron chi connectivity index (χ0n) is 47.0. The number of esters is 3. The van der Waals surface area contributed by atoms with Gasteiger partial charge in [0.05, 0.1) is 6.61 Å². The summed E-state index contributed by atoms with van der Waals surface area (Å²) in [5.74, 6) is -3.21. The second-order valence-electron chi connectivity index (χ2n) is 19.9. The Morgan fingerprint density at radius 3 is 1.31 bits per heavy atom. The number of unbranched alkanes of at least 4 members (excludes halogenated alkanes) is 21. The molecule has 0 amide bonds. The fourth-order valence-corrected chi connectivity index (χ4v) is 8.49. The molecule has 6 unspecified atom stereocenters. The van der Waals surface area contributed by atoms with Crippen molar-refractivity contribution in [1.82, 2.24) is 0 Å². The minimum Gasteiger partial charge on any atom is -0.479 e. The Balaban J connectivity index is 2.72. The number of aliphatic carboxylic acids is 1. The van der Waals surface area contributed by atoms with Crippen LogP contribution in [0.5, 0.6) is 0 Å². The number of aliphatic hydroxyl groups is 2. The van der Waals surface area contributed by atoms with Crippen LogP contribution in [0.1, 0.15) is 239 Å². The van der Waals surface area contributed by atoms with E-state index in [0.29, 0.717) is 19.3 Å². The van der Waals surface area contributed by atoms with Crippen molar-refractivity contribution in [2.24, 2.45) is 0 Å². The summed E-state index contributed by atoms with van der Waals surface area (Å²) in [5, 5.41) is 31.4. The second kappa shape index (κ2) is 50.7. The van der Waals surface area contributed by atoms with Gasteiger partial charge in [-0.1, -0.05) is 215 Å². The van der Waals surface area contributed by atoms with Gasteiger partial charge in [-0.2, -0.15) is 0 Å². The third-order valence-electron chi connectivity index (χ3n) is 13.0. The molecule has 0 aromatic heterocycles. The monoisotopic (exact) mass is 1050 g/mol. The number of hydrogen-bond donors (Lipinski definition) is 3. The molecule has 1 heterocycles. The van der Waals surface area contributed by atoms with Gasteiger partial charge in [0.2, 0.25) is 0 Å². The number of aliphatic hydroxyl groups excluding tert-OH is 2. The molecule has 1 aliphatic heterocycles. The number of hydrogen-bond acceptors (Lipinski definition) is 11. The van der Waals surface area contributed by atoms with E-state index in [4.69, 9.17) is 23.7 Å². The smallest absolute Gasteiger partial charge is 0.335 e. The van der Waals surface area contributed by atoms with Crippen LogP contribution >= 0.6 is 0 Å². The minimum atomic E-state index is -1.92. The summed E-state index contributed by atoms with van der Waals surface area (Å²) in [6.45, 7) is 5.72. The average Bonchev–Trinajstić information content (AvgIpc) is 3.39. The SMILES string of the molecule is CC/C=C\C/C=C\C/C=C\C/C=C\CCCCC(=O)OC(COC(=O)CCCCCCCCCCCCCCCCCCC)COC1OC(C(=O)O)C(O)C(O)C1OC(=O)CCCCC/C=C\C/C=C\C/C=C\CC. The number of ether oxygens (including phenoxy) is 5. The molecule has 12 nitrogen and oxygen atoms in total. The molecular weight excluding hydrogens is 949 g/mol. The van der Waals surface area contributed by atoms with Crippen molar-refractivity contribution in [3.8, 4) is 0 Å². The number of allylic oxidation sites excluding steroid dienone is 14. The summed E-state index contributed by atoms with van der Waals surface area (Å²) in [5.41, 5.74) is 0. The highest BCUT2D eigenvalue weighted by Gasteiger charge is 2.50. The lowest BCUT2D eigenvalue weighted by Crippen LogP contribution is -2.61. The van der Waals surface area contributed by atoms with Crippen LogP contribution in [0.4, 0.5) is 0 Å². The lowest BCUT2D eigenvalue weighted by Gasteiger charge is -2.40. The van der Waals surface area contributed by atoms with Crippen LogP contribution in [-0.4, -0.2) is 89.2 Å². The number of carboxylic acid groups (broad SMARTS) is 1. The molecule has 6 atom stereocenters. The van der Waals surface area contributed by atoms with E-state index in [-0.39, 0.29) is 25.9 Å². The van der Waals surface area contributed by atoms with Gasteiger partial charge in [0, 0.05) is 19.3 Å². The Bertz CT molecular complexity index is 1630. The summed E-state index contributed by atoms with van der Waals surface area (Å²) < 4.78 is 28.3. The maximum atomic E-state index is 13.1. The Morgan fingerprint density at radius 1 is 0.453 bits per heavy atom. The fraction of sp³-hybridized carbons (Fsp3) is 0.714. The van der Waals surface area contributed by atoms with Crippen molar-refractivity contribution in [3.63, 3.8) is 0 Å². The van der Waals surface area contributed by atoms with E-state index in [1.165, 1.54) is 83.5 Å². The van der Waals surface area contributed by atoms with E-state index >= 15 is 0 Å². The third kappa shape index (κ3) is 40.8. The quantitative estimate of drug-likeness (QED) is 0.0228. The molecule has 0 bridgehead atoms. The van der Waals surface area contributed by atoms with Crippen molar-refractivity contribution < 1.29 is 58.2 Å². The first kappa shape index (κ1) is 68.9. The van der Waals surface area contributed by atoms with Crippen molar-refractivity contribution in [1.29, 1.82) is 0 Å². The Hall–Kier alpha value is -4.10.